The number of carboxylic acid groups (broad SMARTS) is 1. The number of thioether (sulfide) groups is 1. The summed E-state index contributed by atoms with van der Waals surface area (Å²) in [6, 6.07) is 1.40. The van der Waals surface area contributed by atoms with E-state index in [4.69, 9.17) is 5.11 Å². The molecule has 1 aromatic heterocycles. The van der Waals surface area contributed by atoms with Crippen LogP contribution in [0.25, 0.3) is 0 Å². The minimum Gasteiger partial charge on any atom is -0.481 e. The molecule has 1 amide bonds. The lowest BCUT2D eigenvalue weighted by atomic mass is 10.3. The first-order chi connectivity index (χ1) is 8.11. The van der Waals surface area contributed by atoms with Gasteiger partial charge in [-0.1, -0.05) is 0 Å². The van der Waals surface area contributed by atoms with Crippen LogP contribution in [0.15, 0.2) is 18.5 Å². The molecule has 1 aromatic rings. The molecule has 1 unspecified atom stereocenters. The predicted molar refractivity (Wildman–Crippen MR) is 64.9 cm³/mol. The molecule has 2 N–H and O–H groups in total. The average Bonchev–Trinajstić information content (AvgIpc) is 2.80. The van der Waals surface area contributed by atoms with Gasteiger partial charge in [0.15, 0.2) is 0 Å². The number of rotatable bonds is 7. The number of hydrogen-bond donors (Lipinski definition) is 2. The van der Waals surface area contributed by atoms with Crippen molar-refractivity contribution in [3.05, 3.63) is 18.5 Å². The molecule has 7 heteroatoms. The highest BCUT2D eigenvalue weighted by atomic mass is 32.2. The van der Waals surface area contributed by atoms with E-state index in [0.29, 0.717) is 12.3 Å². The molecule has 94 valence electrons. The molecule has 0 bridgehead atoms. The van der Waals surface area contributed by atoms with Crippen molar-refractivity contribution in [2.24, 2.45) is 0 Å². The average molecular weight is 257 g/mol. The number of nitrogens with zero attached hydrogens (tertiary/aromatic N) is 2. The molecule has 0 aliphatic rings. The Morgan fingerprint density at radius 2 is 2.35 bits per heavy atom. The molecule has 0 aliphatic carbocycles. The number of amides is 1. The van der Waals surface area contributed by atoms with Crippen LogP contribution in [0, 0.1) is 0 Å². The van der Waals surface area contributed by atoms with E-state index >= 15 is 0 Å². The third-order valence-electron chi connectivity index (χ3n) is 2.07. The molecule has 0 aromatic carbocycles. The zero-order valence-corrected chi connectivity index (χ0v) is 10.3. The van der Waals surface area contributed by atoms with Crippen LogP contribution >= 0.6 is 11.8 Å². The van der Waals surface area contributed by atoms with E-state index in [9.17, 15) is 9.59 Å². The number of carbonyl (C=O) groups is 2. The van der Waals surface area contributed by atoms with E-state index in [1.807, 2.05) is 0 Å². The minimum atomic E-state index is -0.841. The van der Waals surface area contributed by atoms with Crippen molar-refractivity contribution in [2.45, 2.75) is 13.0 Å². The number of aliphatic carboxylic acids is 1. The first-order valence-corrected chi connectivity index (χ1v) is 6.33. The highest BCUT2D eigenvalue weighted by Gasteiger charge is 2.13. The van der Waals surface area contributed by atoms with Gasteiger partial charge in [0.25, 0.3) is 0 Å². The first-order valence-electron chi connectivity index (χ1n) is 5.17. The number of hydrogen-bond acceptors (Lipinski definition) is 4. The van der Waals surface area contributed by atoms with Crippen molar-refractivity contribution in [3.8, 4) is 0 Å². The van der Waals surface area contributed by atoms with E-state index in [0.717, 1.165) is 0 Å². The van der Waals surface area contributed by atoms with Crippen LogP contribution in [0.4, 0.5) is 0 Å². The SMILES string of the molecule is CC(C(=O)NCCSCC(=O)O)n1cccn1. The maximum Gasteiger partial charge on any atom is 0.313 e. The lowest BCUT2D eigenvalue weighted by molar-refractivity contribution is -0.133. The third kappa shape index (κ3) is 4.90. The highest BCUT2D eigenvalue weighted by molar-refractivity contribution is 7.99. The van der Waals surface area contributed by atoms with E-state index in [-0.39, 0.29) is 17.7 Å². The van der Waals surface area contributed by atoms with Gasteiger partial charge < -0.3 is 10.4 Å². The van der Waals surface area contributed by atoms with Gasteiger partial charge in [0.2, 0.25) is 5.91 Å². The lowest BCUT2D eigenvalue weighted by Gasteiger charge is -2.12. The molecule has 17 heavy (non-hydrogen) atoms. The van der Waals surface area contributed by atoms with Gasteiger partial charge >= 0.3 is 5.97 Å². The van der Waals surface area contributed by atoms with Crippen molar-refractivity contribution < 1.29 is 14.7 Å². The van der Waals surface area contributed by atoms with E-state index in [1.165, 1.54) is 11.8 Å². The van der Waals surface area contributed by atoms with Crippen molar-refractivity contribution in [1.82, 2.24) is 15.1 Å². The maximum atomic E-state index is 11.6. The summed E-state index contributed by atoms with van der Waals surface area (Å²) in [6.45, 7) is 2.22. The summed E-state index contributed by atoms with van der Waals surface area (Å²) >= 11 is 1.28. The van der Waals surface area contributed by atoms with E-state index in [2.05, 4.69) is 10.4 Å². The molecular formula is C10H15N3O3S. The Bertz CT molecular complexity index is 367. The molecule has 0 saturated carbocycles. The van der Waals surface area contributed by atoms with Gasteiger partial charge in [0, 0.05) is 24.7 Å². The fraction of sp³-hybridized carbons (Fsp3) is 0.500. The normalized spacial score (nSPS) is 12.1. The van der Waals surface area contributed by atoms with E-state index < -0.39 is 5.97 Å². The second-order valence-electron chi connectivity index (χ2n) is 3.40. The zero-order chi connectivity index (χ0) is 12.7. The molecular weight excluding hydrogens is 242 g/mol. The van der Waals surface area contributed by atoms with Gasteiger partial charge in [0.05, 0.1) is 5.75 Å². The van der Waals surface area contributed by atoms with Crippen molar-refractivity contribution in [2.75, 3.05) is 18.1 Å². The predicted octanol–water partition coefficient (Wildman–Crippen LogP) is 0.378. The fourth-order valence-corrected chi connectivity index (χ4v) is 1.75. The van der Waals surface area contributed by atoms with Crippen LogP contribution in [0.5, 0.6) is 0 Å². The lowest BCUT2D eigenvalue weighted by Crippen LogP contribution is -2.32. The Morgan fingerprint density at radius 1 is 1.59 bits per heavy atom. The van der Waals surface area contributed by atoms with Gasteiger partial charge in [-0.2, -0.15) is 5.10 Å². The summed E-state index contributed by atoms with van der Waals surface area (Å²) < 4.78 is 1.57. The molecule has 0 aliphatic heterocycles. The summed E-state index contributed by atoms with van der Waals surface area (Å²) in [5.41, 5.74) is 0. The van der Waals surface area contributed by atoms with Gasteiger partial charge in [0.1, 0.15) is 6.04 Å². The van der Waals surface area contributed by atoms with Gasteiger partial charge in [-0.15, -0.1) is 11.8 Å². The Kier molecular flexibility index (Phi) is 5.55. The molecule has 0 spiro atoms. The quantitative estimate of drug-likeness (QED) is 0.690. The topological polar surface area (TPSA) is 84.2 Å². The Morgan fingerprint density at radius 3 is 2.94 bits per heavy atom. The van der Waals surface area contributed by atoms with Gasteiger partial charge in [-0.3, -0.25) is 14.3 Å². The van der Waals surface area contributed by atoms with Crippen molar-refractivity contribution in [3.63, 3.8) is 0 Å². The number of carbonyl (C=O) groups excluding carboxylic acids is 1. The van der Waals surface area contributed by atoms with Crippen molar-refractivity contribution >= 4 is 23.6 Å². The molecule has 0 saturated heterocycles. The summed E-state index contributed by atoms with van der Waals surface area (Å²) in [7, 11) is 0. The van der Waals surface area contributed by atoms with Crippen LogP contribution in [-0.2, 0) is 9.59 Å². The third-order valence-corrected chi connectivity index (χ3v) is 3.02. The minimum absolute atomic E-state index is 0.0601. The molecule has 0 radical (unpaired) electrons. The van der Waals surface area contributed by atoms with Crippen LogP contribution < -0.4 is 5.32 Å². The summed E-state index contributed by atoms with van der Waals surface area (Å²) in [4.78, 5) is 21.9. The number of aromatic nitrogens is 2. The van der Waals surface area contributed by atoms with Crippen LogP contribution in [0.1, 0.15) is 13.0 Å². The van der Waals surface area contributed by atoms with E-state index in [1.54, 1.807) is 30.1 Å². The Balaban J connectivity index is 2.19. The molecule has 6 nitrogen and oxygen atoms in total. The Hall–Kier alpha value is -1.50. The molecule has 1 heterocycles. The van der Waals surface area contributed by atoms with Crippen LogP contribution in [0.2, 0.25) is 0 Å². The second kappa shape index (κ2) is 6.95. The van der Waals surface area contributed by atoms with Crippen LogP contribution in [-0.4, -0.2) is 44.8 Å². The summed E-state index contributed by atoms with van der Waals surface area (Å²) in [5.74, 6) is -0.315. The fourth-order valence-electron chi connectivity index (χ4n) is 1.18. The molecule has 0 fully saturated rings. The first kappa shape index (κ1) is 13.6. The summed E-state index contributed by atoms with van der Waals surface area (Å²) in [6.07, 6.45) is 3.34. The zero-order valence-electron chi connectivity index (χ0n) is 9.50. The number of nitrogens with one attached hydrogen (secondary N) is 1. The monoisotopic (exact) mass is 257 g/mol. The highest BCUT2D eigenvalue weighted by Crippen LogP contribution is 2.03. The molecule has 1 rings (SSSR count). The van der Waals surface area contributed by atoms with Crippen molar-refractivity contribution in [1.29, 1.82) is 0 Å². The smallest absolute Gasteiger partial charge is 0.313 e. The maximum absolute atomic E-state index is 11.6. The van der Waals surface area contributed by atoms with Crippen LogP contribution in [0.3, 0.4) is 0 Å². The number of carboxylic acids is 1. The largest absolute Gasteiger partial charge is 0.481 e. The standard InChI is InChI=1S/C10H15N3O3S/c1-8(13-5-2-3-12-13)10(16)11-4-6-17-7-9(14)15/h2-3,5,8H,4,6-7H2,1H3,(H,11,16)(H,14,15). The summed E-state index contributed by atoms with van der Waals surface area (Å²) in [5, 5.41) is 15.1. The van der Waals surface area contributed by atoms with Gasteiger partial charge in [-0.05, 0) is 13.0 Å². The van der Waals surface area contributed by atoms with Gasteiger partial charge in [-0.25, -0.2) is 0 Å². The Labute approximate surface area is 103 Å². The molecule has 1 atom stereocenters. The second-order valence-corrected chi connectivity index (χ2v) is 4.50.